The Morgan fingerprint density at radius 3 is 3.00 bits per heavy atom. The molecule has 0 atom stereocenters. The van der Waals surface area contributed by atoms with E-state index in [1.54, 1.807) is 0 Å². The maximum absolute atomic E-state index is 4.22. The van der Waals surface area contributed by atoms with Crippen LogP contribution < -0.4 is 5.32 Å². The Labute approximate surface area is 96.1 Å². The molecule has 0 aliphatic heterocycles. The third-order valence-corrected chi connectivity index (χ3v) is 2.63. The van der Waals surface area contributed by atoms with E-state index in [2.05, 4.69) is 46.1 Å². The van der Waals surface area contributed by atoms with Crippen LogP contribution in [0.4, 0.5) is 0 Å². The summed E-state index contributed by atoms with van der Waals surface area (Å²) in [6.45, 7) is 4.01. The lowest BCUT2D eigenvalue weighted by Crippen LogP contribution is -2.14. The van der Waals surface area contributed by atoms with Crippen LogP contribution in [-0.2, 0) is 6.54 Å². The highest BCUT2D eigenvalue weighted by molar-refractivity contribution is 5.59. The molecule has 0 bridgehead atoms. The van der Waals surface area contributed by atoms with Crippen LogP contribution in [0.5, 0.6) is 0 Å². The van der Waals surface area contributed by atoms with E-state index in [0.29, 0.717) is 0 Å². The van der Waals surface area contributed by atoms with E-state index in [1.165, 1.54) is 16.8 Å². The first-order chi connectivity index (χ1) is 7.81. The summed E-state index contributed by atoms with van der Waals surface area (Å²) in [6, 6.07) is 8.50. The highest BCUT2D eigenvalue weighted by atomic mass is 15.1. The van der Waals surface area contributed by atoms with E-state index < -0.39 is 0 Å². The second-order valence-electron chi connectivity index (χ2n) is 3.95. The lowest BCUT2D eigenvalue weighted by atomic mass is 10.1. The second-order valence-corrected chi connectivity index (χ2v) is 3.95. The number of hydrogen-bond donors (Lipinski definition) is 1. The minimum atomic E-state index is 0.944. The number of benzene rings is 1. The maximum Gasteiger partial charge on any atom is 0.0951 e. The first-order valence-electron chi connectivity index (χ1n) is 5.53. The molecule has 0 saturated carbocycles. The molecule has 0 amide bonds. The van der Waals surface area contributed by atoms with Crippen LogP contribution in [0.15, 0.2) is 36.8 Å². The first kappa shape index (κ1) is 10.9. The molecule has 1 aromatic heterocycles. The van der Waals surface area contributed by atoms with Gasteiger partial charge in [0.05, 0.1) is 18.2 Å². The van der Waals surface area contributed by atoms with Crippen molar-refractivity contribution in [1.82, 2.24) is 14.9 Å². The Morgan fingerprint density at radius 1 is 1.38 bits per heavy atom. The van der Waals surface area contributed by atoms with E-state index in [0.717, 1.165) is 13.1 Å². The molecule has 0 radical (unpaired) electrons. The maximum atomic E-state index is 4.22. The summed E-state index contributed by atoms with van der Waals surface area (Å²) in [5, 5.41) is 3.15. The molecule has 1 heterocycles. The summed E-state index contributed by atoms with van der Waals surface area (Å²) in [7, 11) is 1.96. The van der Waals surface area contributed by atoms with Crippen LogP contribution in [0.1, 0.15) is 5.56 Å². The Hall–Kier alpha value is -1.61. The largest absolute Gasteiger partial charge is 0.329 e. The van der Waals surface area contributed by atoms with Crippen molar-refractivity contribution in [3.05, 3.63) is 42.4 Å². The van der Waals surface area contributed by atoms with Crippen LogP contribution in [0.3, 0.4) is 0 Å². The average Bonchev–Trinajstić information content (AvgIpc) is 2.74. The smallest absolute Gasteiger partial charge is 0.0951 e. The molecule has 0 aliphatic rings. The fraction of sp³-hybridized carbons (Fsp3) is 0.308. The summed E-state index contributed by atoms with van der Waals surface area (Å²) >= 11 is 0. The molecule has 1 N–H and O–H groups in total. The first-order valence-corrected chi connectivity index (χ1v) is 5.53. The Morgan fingerprint density at radius 2 is 2.25 bits per heavy atom. The minimum Gasteiger partial charge on any atom is -0.329 e. The Balaban J connectivity index is 2.29. The highest BCUT2D eigenvalue weighted by Gasteiger charge is 2.04. The summed E-state index contributed by atoms with van der Waals surface area (Å²) < 4.78 is 2.17. The van der Waals surface area contributed by atoms with Gasteiger partial charge in [-0.15, -0.1) is 0 Å². The number of aromatic nitrogens is 2. The molecule has 0 saturated heterocycles. The van der Waals surface area contributed by atoms with Crippen molar-refractivity contribution >= 4 is 0 Å². The van der Waals surface area contributed by atoms with E-state index in [-0.39, 0.29) is 0 Å². The molecule has 16 heavy (non-hydrogen) atoms. The van der Waals surface area contributed by atoms with E-state index in [1.807, 2.05) is 19.6 Å². The lowest BCUT2D eigenvalue weighted by molar-refractivity contribution is 0.648. The molecule has 1 aromatic carbocycles. The van der Waals surface area contributed by atoms with Crippen molar-refractivity contribution < 1.29 is 0 Å². The summed E-state index contributed by atoms with van der Waals surface area (Å²) in [5.41, 5.74) is 3.69. The number of imidazole rings is 1. The van der Waals surface area contributed by atoms with Gasteiger partial charge in [-0.25, -0.2) is 4.98 Å². The molecule has 84 valence electrons. The number of nitrogens with zero attached hydrogens (tertiary/aromatic N) is 2. The van der Waals surface area contributed by atoms with Gasteiger partial charge in [-0.05, 0) is 20.0 Å². The van der Waals surface area contributed by atoms with Crippen LogP contribution >= 0.6 is 0 Å². The number of nitrogens with one attached hydrogen (secondary N) is 1. The van der Waals surface area contributed by atoms with Crippen molar-refractivity contribution in [2.24, 2.45) is 0 Å². The highest BCUT2D eigenvalue weighted by Crippen LogP contribution is 2.19. The quantitative estimate of drug-likeness (QED) is 0.846. The number of aryl methyl sites for hydroxylation is 1. The molecule has 0 aliphatic carbocycles. The monoisotopic (exact) mass is 215 g/mol. The van der Waals surface area contributed by atoms with Crippen molar-refractivity contribution in [1.29, 1.82) is 0 Å². The Kier molecular flexibility index (Phi) is 3.37. The molecule has 3 nitrogen and oxygen atoms in total. The normalized spacial score (nSPS) is 10.6. The SMILES string of the molecule is CNCCn1cncc1-c1cccc(C)c1. The standard InChI is InChI=1S/C13H17N3/c1-11-4-3-5-12(8-11)13-9-15-10-16(13)7-6-14-2/h3-5,8-10,14H,6-7H2,1-2H3. The average molecular weight is 215 g/mol. The van der Waals surface area contributed by atoms with Gasteiger partial charge >= 0.3 is 0 Å². The second kappa shape index (κ2) is 4.94. The zero-order valence-corrected chi connectivity index (χ0v) is 9.77. The van der Waals surface area contributed by atoms with E-state index in [4.69, 9.17) is 0 Å². The van der Waals surface area contributed by atoms with Crippen LogP contribution in [0.25, 0.3) is 11.3 Å². The lowest BCUT2D eigenvalue weighted by Gasteiger charge is -2.08. The molecule has 0 spiro atoms. The van der Waals surface area contributed by atoms with E-state index in [9.17, 15) is 0 Å². The zero-order valence-electron chi connectivity index (χ0n) is 9.77. The zero-order chi connectivity index (χ0) is 11.4. The summed E-state index contributed by atoms with van der Waals surface area (Å²) in [6.07, 6.45) is 3.80. The fourth-order valence-corrected chi connectivity index (χ4v) is 1.78. The van der Waals surface area contributed by atoms with Crippen LogP contribution in [0, 0.1) is 6.92 Å². The predicted octanol–water partition coefficient (Wildman–Crippen LogP) is 2.08. The van der Waals surface area contributed by atoms with Gasteiger partial charge in [0.25, 0.3) is 0 Å². The van der Waals surface area contributed by atoms with E-state index >= 15 is 0 Å². The van der Waals surface area contributed by atoms with Gasteiger partial charge < -0.3 is 9.88 Å². The van der Waals surface area contributed by atoms with Gasteiger partial charge in [-0.3, -0.25) is 0 Å². The van der Waals surface area contributed by atoms with Crippen LogP contribution in [0.2, 0.25) is 0 Å². The van der Waals surface area contributed by atoms with Gasteiger partial charge in [-0.1, -0.05) is 23.8 Å². The molecule has 3 heteroatoms. The van der Waals surface area contributed by atoms with Crippen molar-refractivity contribution in [3.63, 3.8) is 0 Å². The van der Waals surface area contributed by atoms with Crippen LogP contribution in [-0.4, -0.2) is 23.1 Å². The number of hydrogen-bond acceptors (Lipinski definition) is 2. The molecule has 2 aromatic rings. The van der Waals surface area contributed by atoms with Gasteiger partial charge in [0.15, 0.2) is 0 Å². The molecule has 0 unspecified atom stereocenters. The van der Waals surface area contributed by atoms with Gasteiger partial charge in [0.1, 0.15) is 0 Å². The van der Waals surface area contributed by atoms with Crippen molar-refractivity contribution in [2.75, 3.05) is 13.6 Å². The molecular weight excluding hydrogens is 198 g/mol. The Bertz CT molecular complexity index is 460. The van der Waals surface area contributed by atoms with Gasteiger partial charge in [0.2, 0.25) is 0 Å². The minimum absolute atomic E-state index is 0.944. The van der Waals surface area contributed by atoms with Gasteiger partial charge in [0, 0.05) is 18.7 Å². The number of likely N-dealkylation sites (N-methyl/N-ethyl adjacent to an activating group) is 1. The summed E-state index contributed by atoms with van der Waals surface area (Å²) in [5.74, 6) is 0. The number of rotatable bonds is 4. The van der Waals surface area contributed by atoms with Gasteiger partial charge in [-0.2, -0.15) is 0 Å². The molecule has 0 fully saturated rings. The topological polar surface area (TPSA) is 29.9 Å². The molecule has 2 rings (SSSR count). The van der Waals surface area contributed by atoms with Crippen molar-refractivity contribution in [3.8, 4) is 11.3 Å². The fourth-order valence-electron chi connectivity index (χ4n) is 1.78. The third-order valence-electron chi connectivity index (χ3n) is 2.63. The predicted molar refractivity (Wildman–Crippen MR) is 66.3 cm³/mol. The molecular formula is C13H17N3. The summed E-state index contributed by atoms with van der Waals surface area (Å²) in [4.78, 5) is 4.22. The van der Waals surface area contributed by atoms with Crippen molar-refractivity contribution in [2.45, 2.75) is 13.5 Å². The third kappa shape index (κ3) is 2.31.